The van der Waals surface area contributed by atoms with Gasteiger partial charge in [0.05, 0.1) is 0 Å². The molecule has 68 valence electrons. The molecule has 1 N–H and O–H groups in total. The Morgan fingerprint density at radius 3 is 2.33 bits per heavy atom. The van der Waals surface area contributed by atoms with E-state index < -0.39 is 5.97 Å². The van der Waals surface area contributed by atoms with Crippen LogP contribution in [0.1, 0.15) is 32.6 Å². The predicted molar refractivity (Wildman–Crippen MR) is 49.6 cm³/mol. The standard InChI is InChI=1S/C7H13IO2.ClH.Na/c1-2-3-4-5-6(8)7(9)10;;/h6H,2-5H2,1H3,(H,9,10);1H;/q;;+1/p-1. The number of unbranched alkanes of at least 4 members (excludes halogenated alkanes) is 2. The van der Waals surface area contributed by atoms with E-state index in [1.807, 2.05) is 22.6 Å². The van der Waals surface area contributed by atoms with Crippen molar-refractivity contribution in [3.05, 3.63) is 0 Å². The topological polar surface area (TPSA) is 37.3 Å². The van der Waals surface area contributed by atoms with Gasteiger partial charge in [0.25, 0.3) is 0 Å². The molecule has 0 saturated heterocycles. The Kier molecular flexibility index (Phi) is 19.9. The average Bonchev–Trinajstić information content (AvgIpc) is 1.88. The monoisotopic (exact) mass is 314 g/mol. The molecule has 0 aliphatic heterocycles. The summed E-state index contributed by atoms with van der Waals surface area (Å²) in [5.41, 5.74) is 0. The van der Waals surface area contributed by atoms with Gasteiger partial charge in [0.1, 0.15) is 3.92 Å². The van der Waals surface area contributed by atoms with Crippen molar-refractivity contribution in [2.75, 3.05) is 0 Å². The van der Waals surface area contributed by atoms with Crippen LogP contribution in [-0.4, -0.2) is 15.0 Å². The van der Waals surface area contributed by atoms with Crippen LogP contribution < -0.4 is 42.0 Å². The van der Waals surface area contributed by atoms with Gasteiger partial charge in [-0.05, 0) is 6.42 Å². The van der Waals surface area contributed by atoms with Crippen LogP contribution in [0.25, 0.3) is 0 Å². The van der Waals surface area contributed by atoms with Gasteiger partial charge >= 0.3 is 35.5 Å². The summed E-state index contributed by atoms with van der Waals surface area (Å²) in [6.45, 7) is 2.11. The van der Waals surface area contributed by atoms with Crippen LogP contribution in [0, 0.1) is 0 Å². The van der Waals surface area contributed by atoms with Gasteiger partial charge < -0.3 is 17.5 Å². The zero-order valence-electron chi connectivity index (χ0n) is 7.52. The predicted octanol–water partition coefficient (Wildman–Crippen LogP) is -3.54. The Hall–Kier alpha value is 1.49. The van der Waals surface area contributed by atoms with Gasteiger partial charge in [-0.25, -0.2) is 0 Å². The van der Waals surface area contributed by atoms with Gasteiger partial charge in [-0.2, -0.15) is 0 Å². The van der Waals surface area contributed by atoms with E-state index >= 15 is 0 Å². The van der Waals surface area contributed by atoms with Crippen molar-refractivity contribution in [2.24, 2.45) is 0 Å². The zero-order valence-corrected chi connectivity index (χ0v) is 12.4. The minimum Gasteiger partial charge on any atom is -1.00 e. The fourth-order valence-electron chi connectivity index (χ4n) is 0.697. The molecule has 0 heterocycles. The molecule has 12 heavy (non-hydrogen) atoms. The van der Waals surface area contributed by atoms with Crippen LogP contribution in [0.3, 0.4) is 0 Å². The summed E-state index contributed by atoms with van der Waals surface area (Å²) in [6.07, 6.45) is 4.15. The van der Waals surface area contributed by atoms with E-state index in [1.165, 1.54) is 0 Å². The van der Waals surface area contributed by atoms with Crippen molar-refractivity contribution in [1.82, 2.24) is 0 Å². The molecule has 0 aromatic carbocycles. The van der Waals surface area contributed by atoms with E-state index in [1.54, 1.807) is 0 Å². The number of carboxylic acids is 1. The summed E-state index contributed by atoms with van der Waals surface area (Å²) in [5.74, 6) is -0.684. The quantitative estimate of drug-likeness (QED) is 0.247. The summed E-state index contributed by atoms with van der Waals surface area (Å²) in [6, 6.07) is 0. The maximum atomic E-state index is 10.3. The minimum absolute atomic E-state index is 0. The van der Waals surface area contributed by atoms with Crippen LogP contribution in [0.4, 0.5) is 0 Å². The fourth-order valence-corrected chi connectivity index (χ4v) is 1.14. The number of carboxylic acid groups (broad SMARTS) is 1. The van der Waals surface area contributed by atoms with Crippen molar-refractivity contribution in [1.29, 1.82) is 0 Å². The molecular formula is C7H13ClINaO2. The summed E-state index contributed by atoms with van der Waals surface area (Å²) in [4.78, 5) is 10.3. The molecule has 0 saturated carbocycles. The third-order valence-electron chi connectivity index (χ3n) is 1.33. The number of carbonyl (C=O) groups is 1. The number of rotatable bonds is 5. The molecule has 0 bridgehead atoms. The van der Waals surface area contributed by atoms with Crippen LogP contribution in [0.15, 0.2) is 0 Å². The molecule has 2 nitrogen and oxygen atoms in total. The first-order chi connectivity index (χ1) is 4.68. The van der Waals surface area contributed by atoms with Gasteiger partial charge in [0, 0.05) is 0 Å². The largest absolute Gasteiger partial charge is 1.00 e. The molecule has 0 aliphatic carbocycles. The zero-order chi connectivity index (χ0) is 7.98. The van der Waals surface area contributed by atoms with Gasteiger partial charge in [0.15, 0.2) is 0 Å². The summed E-state index contributed by atoms with van der Waals surface area (Å²) in [7, 11) is 0. The minimum atomic E-state index is -0.684. The summed E-state index contributed by atoms with van der Waals surface area (Å²) in [5, 5.41) is 8.47. The van der Waals surface area contributed by atoms with Crippen LogP contribution in [-0.2, 0) is 4.79 Å². The molecule has 0 aromatic heterocycles. The van der Waals surface area contributed by atoms with E-state index in [0.717, 1.165) is 25.7 Å². The van der Waals surface area contributed by atoms with Gasteiger partial charge in [-0.1, -0.05) is 48.8 Å². The second-order valence-electron chi connectivity index (χ2n) is 2.30. The Balaban J connectivity index is -0.000000405. The summed E-state index contributed by atoms with van der Waals surface area (Å²) >= 11 is 1.97. The van der Waals surface area contributed by atoms with E-state index in [0.29, 0.717) is 0 Å². The Morgan fingerprint density at radius 1 is 1.50 bits per heavy atom. The first kappa shape index (κ1) is 19.1. The molecule has 0 rings (SSSR count). The second kappa shape index (κ2) is 12.5. The SMILES string of the molecule is CCCCCC(I)C(=O)O.[Cl-].[Na+]. The number of aliphatic carboxylic acids is 1. The third-order valence-corrected chi connectivity index (χ3v) is 2.48. The van der Waals surface area contributed by atoms with Crippen molar-refractivity contribution in [2.45, 2.75) is 36.5 Å². The van der Waals surface area contributed by atoms with Crippen molar-refractivity contribution >= 4 is 28.6 Å². The van der Waals surface area contributed by atoms with E-state index in [9.17, 15) is 4.79 Å². The smallest absolute Gasteiger partial charge is 1.00 e. The molecule has 0 aromatic rings. The first-order valence-electron chi connectivity index (χ1n) is 3.55. The van der Waals surface area contributed by atoms with E-state index in [4.69, 9.17) is 5.11 Å². The van der Waals surface area contributed by atoms with E-state index in [2.05, 4.69) is 6.92 Å². The Bertz CT molecular complexity index is 114. The van der Waals surface area contributed by atoms with Gasteiger partial charge in [0.2, 0.25) is 0 Å². The molecule has 0 amide bonds. The number of halogens is 2. The van der Waals surface area contributed by atoms with Crippen LogP contribution >= 0.6 is 22.6 Å². The molecule has 0 aliphatic rings. The van der Waals surface area contributed by atoms with Gasteiger partial charge in [-0.3, -0.25) is 4.79 Å². The Labute approximate surface area is 116 Å². The van der Waals surface area contributed by atoms with Crippen molar-refractivity contribution in [3.63, 3.8) is 0 Å². The fraction of sp³-hybridized carbons (Fsp3) is 0.857. The molecular weight excluding hydrogens is 301 g/mol. The molecule has 0 radical (unpaired) electrons. The second-order valence-corrected chi connectivity index (χ2v) is 3.81. The number of alkyl halides is 1. The molecule has 0 fully saturated rings. The average molecular weight is 315 g/mol. The molecule has 0 spiro atoms. The normalized spacial score (nSPS) is 10.8. The van der Waals surface area contributed by atoms with Crippen LogP contribution in [0.2, 0.25) is 0 Å². The van der Waals surface area contributed by atoms with E-state index in [-0.39, 0.29) is 45.9 Å². The molecule has 5 heteroatoms. The van der Waals surface area contributed by atoms with Crippen molar-refractivity contribution < 1.29 is 51.9 Å². The first-order valence-corrected chi connectivity index (χ1v) is 4.80. The summed E-state index contributed by atoms with van der Waals surface area (Å²) < 4.78 is -0.191. The van der Waals surface area contributed by atoms with Crippen molar-refractivity contribution in [3.8, 4) is 0 Å². The maximum Gasteiger partial charge on any atom is 1.00 e. The van der Waals surface area contributed by atoms with Gasteiger partial charge in [-0.15, -0.1) is 0 Å². The Morgan fingerprint density at radius 2 is 2.00 bits per heavy atom. The third kappa shape index (κ3) is 11.5. The number of hydrogen-bond donors (Lipinski definition) is 1. The molecule has 1 atom stereocenters. The molecule has 1 unspecified atom stereocenters. The number of hydrogen-bond acceptors (Lipinski definition) is 1. The maximum absolute atomic E-state index is 10.3. The van der Waals surface area contributed by atoms with Crippen LogP contribution in [0.5, 0.6) is 0 Å².